The molecule has 4 rings (SSSR count). The minimum atomic E-state index is -0.321. The molecule has 44 heavy (non-hydrogen) atoms. The molecule has 1 saturated heterocycles. The third kappa shape index (κ3) is 9.98. The lowest BCUT2D eigenvalue weighted by molar-refractivity contribution is -0.213. The second-order valence-electron chi connectivity index (χ2n) is 12.1. The van der Waals surface area contributed by atoms with Gasteiger partial charge in [-0.2, -0.15) is 0 Å². The molecule has 3 aromatic rings. The maximum Gasteiger partial charge on any atom is 0.125 e. The predicted octanol–water partition coefficient (Wildman–Crippen LogP) is 9.39. The fourth-order valence-corrected chi connectivity index (χ4v) is 6.61. The summed E-state index contributed by atoms with van der Waals surface area (Å²) in [6.07, 6.45) is 9.30. The molecule has 1 aliphatic rings. The normalized spacial score (nSPS) is 20.4. The van der Waals surface area contributed by atoms with Gasteiger partial charge < -0.3 is 23.7 Å². The average Bonchev–Trinajstić information content (AvgIpc) is 3.44. The first-order chi connectivity index (χ1) is 21.6. The van der Waals surface area contributed by atoms with Crippen molar-refractivity contribution >= 4 is 21.6 Å². The number of fused-ring (bicyclic) bond motifs is 1. The van der Waals surface area contributed by atoms with Crippen LogP contribution in [0.1, 0.15) is 113 Å². The number of hydrogen-bond donors (Lipinski definition) is 0. The minimum absolute atomic E-state index is 0.0746. The standard InChI is InChI=1S/C37H55NO5S/c1-6-10-18-39-26-29-25-33(41-20-12-8-3)37(42-21-13-9-4)36(43-29)30-23-28(27(5)22-32(30)40-19-11-7-2)24-35-38-31-16-14-15-17-34(31)44-35/h14-17,22-23,29,33,36-37H,6-13,18-21,24-26H2,1-5H3/t29-,33-,36-,37+/m0/s1. The van der Waals surface area contributed by atoms with Crippen molar-refractivity contribution in [1.82, 2.24) is 4.98 Å². The van der Waals surface area contributed by atoms with E-state index in [1.165, 1.54) is 15.8 Å². The smallest absolute Gasteiger partial charge is 0.125 e. The lowest BCUT2D eigenvalue weighted by Gasteiger charge is -2.42. The van der Waals surface area contributed by atoms with Crippen LogP contribution in [0.25, 0.3) is 10.2 Å². The number of thiazole rings is 1. The van der Waals surface area contributed by atoms with Gasteiger partial charge in [0.05, 0.1) is 40.6 Å². The first-order valence-electron chi connectivity index (χ1n) is 17.1. The fraction of sp³-hybridized carbons (Fsp3) is 0.649. The third-order valence-corrected chi connectivity index (χ3v) is 9.33. The first kappa shape index (κ1) is 34.8. The summed E-state index contributed by atoms with van der Waals surface area (Å²) in [7, 11) is 0. The number of hydrogen-bond acceptors (Lipinski definition) is 7. The van der Waals surface area contributed by atoms with Crippen molar-refractivity contribution in [2.75, 3.05) is 33.0 Å². The van der Waals surface area contributed by atoms with Crippen LogP contribution in [-0.4, -0.2) is 56.3 Å². The largest absolute Gasteiger partial charge is 0.493 e. The van der Waals surface area contributed by atoms with E-state index in [1.54, 1.807) is 11.3 Å². The molecule has 7 heteroatoms. The highest BCUT2D eigenvalue weighted by atomic mass is 32.1. The van der Waals surface area contributed by atoms with Crippen LogP contribution in [0.3, 0.4) is 0 Å². The molecule has 2 heterocycles. The molecule has 1 aromatic heterocycles. The Bertz CT molecular complexity index is 1210. The Labute approximate surface area is 269 Å². The number of aryl methyl sites for hydroxylation is 1. The van der Waals surface area contributed by atoms with Gasteiger partial charge in [-0.25, -0.2) is 4.98 Å². The molecule has 0 unspecified atom stereocenters. The minimum Gasteiger partial charge on any atom is -0.493 e. The summed E-state index contributed by atoms with van der Waals surface area (Å²) in [5.74, 6) is 0.887. The van der Waals surface area contributed by atoms with E-state index >= 15 is 0 Å². The van der Waals surface area contributed by atoms with Crippen molar-refractivity contribution in [3.05, 3.63) is 58.1 Å². The Morgan fingerprint density at radius 1 is 0.864 bits per heavy atom. The van der Waals surface area contributed by atoms with Gasteiger partial charge in [0.15, 0.2) is 0 Å². The summed E-state index contributed by atoms with van der Waals surface area (Å²) in [6, 6.07) is 12.9. The van der Waals surface area contributed by atoms with Crippen molar-refractivity contribution in [2.45, 2.75) is 123 Å². The van der Waals surface area contributed by atoms with Gasteiger partial charge >= 0.3 is 0 Å². The maximum atomic E-state index is 6.95. The molecule has 0 N–H and O–H groups in total. The van der Waals surface area contributed by atoms with Gasteiger partial charge in [0, 0.05) is 38.2 Å². The van der Waals surface area contributed by atoms with Crippen LogP contribution in [0, 0.1) is 6.92 Å². The van der Waals surface area contributed by atoms with E-state index in [0.717, 1.165) is 99.3 Å². The predicted molar refractivity (Wildman–Crippen MR) is 181 cm³/mol. The van der Waals surface area contributed by atoms with E-state index in [9.17, 15) is 0 Å². The van der Waals surface area contributed by atoms with Crippen molar-refractivity contribution in [3.8, 4) is 5.75 Å². The Morgan fingerprint density at radius 2 is 1.57 bits per heavy atom. The zero-order valence-electron chi connectivity index (χ0n) is 27.8. The van der Waals surface area contributed by atoms with E-state index in [1.807, 2.05) is 0 Å². The van der Waals surface area contributed by atoms with E-state index in [4.69, 9.17) is 28.7 Å². The van der Waals surface area contributed by atoms with Gasteiger partial charge in [-0.3, -0.25) is 0 Å². The van der Waals surface area contributed by atoms with Crippen LogP contribution < -0.4 is 4.74 Å². The Kier molecular flexibility index (Phi) is 14.9. The van der Waals surface area contributed by atoms with E-state index in [2.05, 4.69) is 71.0 Å². The second-order valence-corrected chi connectivity index (χ2v) is 13.2. The highest BCUT2D eigenvalue weighted by Gasteiger charge is 2.42. The monoisotopic (exact) mass is 625 g/mol. The Morgan fingerprint density at radius 3 is 2.32 bits per heavy atom. The van der Waals surface area contributed by atoms with Crippen LogP contribution in [0.15, 0.2) is 36.4 Å². The number of para-hydroxylation sites is 1. The summed E-state index contributed by atoms with van der Waals surface area (Å²) >= 11 is 1.77. The van der Waals surface area contributed by atoms with Crippen LogP contribution in [0.2, 0.25) is 0 Å². The second kappa shape index (κ2) is 18.8. The summed E-state index contributed by atoms with van der Waals surface area (Å²) in [5.41, 5.74) is 4.55. The van der Waals surface area contributed by atoms with Gasteiger partial charge in [0.2, 0.25) is 0 Å². The van der Waals surface area contributed by atoms with Crippen LogP contribution >= 0.6 is 11.3 Å². The zero-order valence-corrected chi connectivity index (χ0v) is 28.6. The van der Waals surface area contributed by atoms with Crippen LogP contribution in [0.5, 0.6) is 5.75 Å². The molecule has 0 saturated carbocycles. The third-order valence-electron chi connectivity index (χ3n) is 8.29. The van der Waals surface area contributed by atoms with Crippen LogP contribution in [-0.2, 0) is 25.4 Å². The van der Waals surface area contributed by atoms with E-state index in [0.29, 0.717) is 19.8 Å². The number of nitrogens with zero attached hydrogens (tertiary/aromatic N) is 1. The molecule has 0 spiro atoms. The number of benzene rings is 2. The quantitative estimate of drug-likeness (QED) is 0.117. The molecule has 1 aliphatic heterocycles. The van der Waals surface area contributed by atoms with Crippen molar-refractivity contribution in [2.24, 2.45) is 0 Å². The Balaban J connectivity index is 1.71. The maximum absolute atomic E-state index is 6.95. The summed E-state index contributed by atoms with van der Waals surface area (Å²) in [4.78, 5) is 4.95. The van der Waals surface area contributed by atoms with Gasteiger partial charge in [-0.15, -0.1) is 11.3 Å². The molecular weight excluding hydrogens is 570 g/mol. The molecule has 244 valence electrons. The summed E-state index contributed by atoms with van der Waals surface area (Å²) < 4.78 is 34.0. The van der Waals surface area contributed by atoms with Gasteiger partial charge in [-0.05, 0) is 68.0 Å². The summed E-state index contributed by atoms with van der Waals surface area (Å²) in [6.45, 7) is 14.4. The van der Waals surface area contributed by atoms with Crippen molar-refractivity contribution in [1.29, 1.82) is 0 Å². The lowest BCUT2D eigenvalue weighted by Crippen LogP contribution is -2.48. The number of unbranched alkanes of at least 4 members (excludes halogenated alkanes) is 4. The molecular formula is C37H55NO5S. The molecule has 6 nitrogen and oxygen atoms in total. The molecule has 0 radical (unpaired) electrons. The fourth-order valence-electron chi connectivity index (χ4n) is 5.62. The van der Waals surface area contributed by atoms with Gasteiger partial charge in [0.1, 0.15) is 18.0 Å². The summed E-state index contributed by atoms with van der Waals surface area (Å²) in [5, 5.41) is 1.11. The molecule has 4 atom stereocenters. The molecule has 0 amide bonds. The van der Waals surface area contributed by atoms with Crippen LogP contribution in [0.4, 0.5) is 0 Å². The topological polar surface area (TPSA) is 59.0 Å². The Hall–Kier alpha value is -2.03. The number of rotatable bonds is 20. The van der Waals surface area contributed by atoms with Gasteiger partial charge in [-0.1, -0.05) is 65.5 Å². The molecule has 0 aliphatic carbocycles. The van der Waals surface area contributed by atoms with E-state index in [-0.39, 0.29) is 24.4 Å². The SMILES string of the molecule is CCCCOC[C@@H]1C[C@H](OCCCC)[C@@H](OCCCC)[C@H](c2cc(Cc3nc4ccccc4s3)c(C)cc2OCCCC)O1. The van der Waals surface area contributed by atoms with E-state index < -0.39 is 0 Å². The van der Waals surface area contributed by atoms with Gasteiger partial charge in [0.25, 0.3) is 0 Å². The highest BCUT2D eigenvalue weighted by Crippen LogP contribution is 2.41. The molecule has 0 bridgehead atoms. The first-order valence-corrected chi connectivity index (χ1v) is 18.0. The van der Waals surface area contributed by atoms with Crippen molar-refractivity contribution in [3.63, 3.8) is 0 Å². The number of aromatic nitrogens is 1. The number of ether oxygens (including phenoxy) is 5. The molecule has 1 fully saturated rings. The van der Waals surface area contributed by atoms with Crippen molar-refractivity contribution < 1.29 is 23.7 Å². The molecule has 2 aromatic carbocycles. The lowest BCUT2D eigenvalue weighted by atomic mass is 9.89. The average molecular weight is 626 g/mol. The zero-order chi connectivity index (χ0) is 31.1. The highest BCUT2D eigenvalue weighted by molar-refractivity contribution is 7.18.